The molecule has 0 aromatic heterocycles. The zero-order chi connectivity index (χ0) is 10.7. The molecule has 15 heavy (non-hydrogen) atoms. The molecule has 82 valence electrons. The van der Waals surface area contributed by atoms with Gasteiger partial charge in [-0.2, -0.15) is 0 Å². The molecule has 0 spiro atoms. The Morgan fingerprint density at radius 2 is 2.07 bits per heavy atom. The first-order valence-electron chi connectivity index (χ1n) is 5.24. The van der Waals surface area contributed by atoms with E-state index in [0.717, 1.165) is 17.7 Å². The summed E-state index contributed by atoms with van der Waals surface area (Å²) in [6.07, 6.45) is 1.02. The van der Waals surface area contributed by atoms with Crippen LogP contribution in [0.4, 0.5) is 0 Å². The van der Waals surface area contributed by atoms with Crippen molar-refractivity contribution in [1.82, 2.24) is 0 Å². The molecule has 0 amide bonds. The van der Waals surface area contributed by atoms with Crippen LogP contribution in [0.2, 0.25) is 0 Å². The first kappa shape index (κ1) is 10.5. The van der Waals surface area contributed by atoms with Gasteiger partial charge in [0, 0.05) is 5.56 Å². The van der Waals surface area contributed by atoms with Crippen LogP contribution in [0, 0.1) is 0 Å². The van der Waals surface area contributed by atoms with Crippen molar-refractivity contribution in [3.8, 4) is 5.75 Å². The molecule has 3 nitrogen and oxygen atoms in total. The second kappa shape index (κ2) is 4.64. The third-order valence-corrected chi connectivity index (χ3v) is 2.59. The van der Waals surface area contributed by atoms with Gasteiger partial charge in [0.05, 0.1) is 19.8 Å². The molecule has 0 radical (unpaired) electrons. The summed E-state index contributed by atoms with van der Waals surface area (Å²) in [5.41, 5.74) is 1.05. The monoisotopic (exact) mass is 208 g/mol. The van der Waals surface area contributed by atoms with Crippen LogP contribution in [-0.4, -0.2) is 19.8 Å². The number of hydrogen-bond acceptors (Lipinski definition) is 3. The summed E-state index contributed by atoms with van der Waals surface area (Å²) < 4.78 is 16.4. The topological polar surface area (TPSA) is 27.7 Å². The van der Waals surface area contributed by atoms with Crippen molar-refractivity contribution in [2.24, 2.45) is 0 Å². The van der Waals surface area contributed by atoms with Gasteiger partial charge in [-0.3, -0.25) is 0 Å². The van der Waals surface area contributed by atoms with E-state index in [2.05, 4.69) is 6.92 Å². The Kier molecular flexibility index (Phi) is 3.23. The number of rotatable bonds is 3. The van der Waals surface area contributed by atoms with Crippen molar-refractivity contribution in [3.63, 3.8) is 0 Å². The predicted molar refractivity (Wildman–Crippen MR) is 56.9 cm³/mol. The summed E-state index contributed by atoms with van der Waals surface area (Å²) >= 11 is 0. The van der Waals surface area contributed by atoms with Crippen molar-refractivity contribution in [3.05, 3.63) is 29.8 Å². The fourth-order valence-corrected chi connectivity index (χ4v) is 1.60. The molecule has 2 atom stereocenters. The average molecular weight is 208 g/mol. The minimum atomic E-state index is -0.208. The van der Waals surface area contributed by atoms with Crippen molar-refractivity contribution in [2.45, 2.75) is 25.7 Å². The maximum atomic E-state index is 5.71. The standard InChI is InChI=1S/C12H16O3/c1-3-10-8-14-12(15-10)9-4-6-11(13-2)7-5-9/h4-7,10,12H,3,8H2,1-2H3. The number of ether oxygens (including phenoxy) is 3. The molecule has 0 bridgehead atoms. The molecule has 1 heterocycles. The second-order valence-corrected chi connectivity index (χ2v) is 3.60. The third-order valence-electron chi connectivity index (χ3n) is 2.59. The maximum Gasteiger partial charge on any atom is 0.184 e. The highest BCUT2D eigenvalue weighted by atomic mass is 16.7. The highest BCUT2D eigenvalue weighted by molar-refractivity contribution is 5.28. The number of hydrogen-bond donors (Lipinski definition) is 0. The average Bonchev–Trinajstić information content (AvgIpc) is 2.78. The zero-order valence-corrected chi connectivity index (χ0v) is 9.10. The molecule has 2 unspecified atom stereocenters. The first-order valence-corrected chi connectivity index (χ1v) is 5.24. The lowest BCUT2D eigenvalue weighted by atomic mass is 10.2. The van der Waals surface area contributed by atoms with Gasteiger partial charge in [0.25, 0.3) is 0 Å². The van der Waals surface area contributed by atoms with E-state index in [4.69, 9.17) is 14.2 Å². The molecule has 0 saturated carbocycles. The minimum absolute atomic E-state index is 0.208. The second-order valence-electron chi connectivity index (χ2n) is 3.60. The van der Waals surface area contributed by atoms with Crippen molar-refractivity contribution in [1.29, 1.82) is 0 Å². The van der Waals surface area contributed by atoms with E-state index >= 15 is 0 Å². The van der Waals surface area contributed by atoms with Gasteiger partial charge in [0.15, 0.2) is 6.29 Å². The van der Waals surface area contributed by atoms with Gasteiger partial charge >= 0.3 is 0 Å². The van der Waals surface area contributed by atoms with Gasteiger partial charge in [-0.15, -0.1) is 0 Å². The van der Waals surface area contributed by atoms with Gasteiger partial charge in [0.1, 0.15) is 5.75 Å². The summed E-state index contributed by atoms with van der Waals surface area (Å²) in [5, 5.41) is 0. The van der Waals surface area contributed by atoms with Crippen LogP contribution in [0.5, 0.6) is 5.75 Å². The summed E-state index contributed by atoms with van der Waals surface area (Å²) in [4.78, 5) is 0. The van der Waals surface area contributed by atoms with Crippen LogP contribution in [0.1, 0.15) is 25.2 Å². The van der Waals surface area contributed by atoms with E-state index in [9.17, 15) is 0 Å². The molecule has 0 N–H and O–H groups in total. The molecule has 2 rings (SSSR count). The Hall–Kier alpha value is -1.06. The van der Waals surface area contributed by atoms with Crippen LogP contribution >= 0.6 is 0 Å². The number of methoxy groups -OCH3 is 1. The summed E-state index contributed by atoms with van der Waals surface area (Å²) in [7, 11) is 1.66. The Balaban J connectivity index is 2.04. The SMILES string of the molecule is CCC1COC(c2ccc(OC)cc2)O1. The van der Waals surface area contributed by atoms with E-state index in [1.165, 1.54) is 0 Å². The molecular weight excluding hydrogens is 192 g/mol. The largest absolute Gasteiger partial charge is 0.497 e. The zero-order valence-electron chi connectivity index (χ0n) is 9.10. The Labute approximate surface area is 90.0 Å². The van der Waals surface area contributed by atoms with Crippen molar-refractivity contribution >= 4 is 0 Å². The van der Waals surface area contributed by atoms with E-state index < -0.39 is 0 Å². The van der Waals surface area contributed by atoms with Crippen LogP contribution in [0.3, 0.4) is 0 Å². The lowest BCUT2D eigenvalue weighted by Gasteiger charge is -2.11. The van der Waals surface area contributed by atoms with Crippen LogP contribution in [-0.2, 0) is 9.47 Å². The van der Waals surface area contributed by atoms with E-state index in [0.29, 0.717) is 6.61 Å². The Bertz CT molecular complexity index is 307. The molecule has 1 aromatic rings. The Morgan fingerprint density at radius 3 is 2.60 bits per heavy atom. The smallest absolute Gasteiger partial charge is 0.184 e. The van der Waals surface area contributed by atoms with Gasteiger partial charge < -0.3 is 14.2 Å². The molecule has 1 aromatic carbocycles. The normalized spacial score (nSPS) is 25.5. The maximum absolute atomic E-state index is 5.71. The molecular formula is C12H16O3. The molecule has 3 heteroatoms. The summed E-state index contributed by atoms with van der Waals surface area (Å²) in [5.74, 6) is 0.851. The minimum Gasteiger partial charge on any atom is -0.497 e. The molecule has 1 aliphatic heterocycles. The molecule has 0 aliphatic carbocycles. The number of benzene rings is 1. The van der Waals surface area contributed by atoms with Crippen LogP contribution < -0.4 is 4.74 Å². The molecule has 1 saturated heterocycles. The summed E-state index contributed by atoms with van der Waals surface area (Å²) in [6.45, 7) is 2.79. The quantitative estimate of drug-likeness (QED) is 0.764. The van der Waals surface area contributed by atoms with Gasteiger partial charge in [-0.1, -0.05) is 19.1 Å². The van der Waals surface area contributed by atoms with Gasteiger partial charge in [-0.25, -0.2) is 0 Å². The highest BCUT2D eigenvalue weighted by Gasteiger charge is 2.25. The first-order chi connectivity index (χ1) is 7.33. The van der Waals surface area contributed by atoms with Crippen LogP contribution in [0.15, 0.2) is 24.3 Å². The highest BCUT2D eigenvalue weighted by Crippen LogP contribution is 2.28. The van der Waals surface area contributed by atoms with Gasteiger partial charge in [-0.05, 0) is 18.6 Å². The van der Waals surface area contributed by atoms with Crippen molar-refractivity contribution in [2.75, 3.05) is 13.7 Å². The predicted octanol–water partition coefficient (Wildman–Crippen LogP) is 2.52. The Morgan fingerprint density at radius 1 is 1.33 bits per heavy atom. The molecule has 1 fully saturated rings. The van der Waals surface area contributed by atoms with Crippen LogP contribution in [0.25, 0.3) is 0 Å². The van der Waals surface area contributed by atoms with Crippen molar-refractivity contribution < 1.29 is 14.2 Å². The lowest BCUT2D eigenvalue weighted by molar-refractivity contribution is -0.0604. The fourth-order valence-electron chi connectivity index (χ4n) is 1.60. The third kappa shape index (κ3) is 2.30. The summed E-state index contributed by atoms with van der Waals surface area (Å²) in [6, 6.07) is 7.78. The van der Waals surface area contributed by atoms with E-state index in [-0.39, 0.29) is 12.4 Å². The van der Waals surface area contributed by atoms with E-state index in [1.807, 2.05) is 24.3 Å². The lowest BCUT2D eigenvalue weighted by Crippen LogP contribution is -2.07. The van der Waals surface area contributed by atoms with E-state index in [1.54, 1.807) is 7.11 Å². The van der Waals surface area contributed by atoms with Gasteiger partial charge in [0.2, 0.25) is 0 Å². The fraction of sp³-hybridized carbons (Fsp3) is 0.500. The molecule has 1 aliphatic rings.